The van der Waals surface area contributed by atoms with Gasteiger partial charge in [-0.1, -0.05) is 0 Å². The summed E-state index contributed by atoms with van der Waals surface area (Å²) >= 11 is 1.70. The van der Waals surface area contributed by atoms with E-state index in [-0.39, 0.29) is 24.0 Å². The summed E-state index contributed by atoms with van der Waals surface area (Å²) in [6.45, 7) is 4.98. The molecule has 2 aliphatic heterocycles. The lowest BCUT2D eigenvalue weighted by Crippen LogP contribution is -2.55. The highest BCUT2D eigenvalue weighted by molar-refractivity contribution is 7.09. The van der Waals surface area contributed by atoms with Crippen molar-refractivity contribution >= 4 is 28.1 Å². The molecule has 0 aliphatic carbocycles. The Morgan fingerprint density at radius 1 is 1.34 bits per heavy atom. The zero-order valence-electron chi connectivity index (χ0n) is 18.9. The fourth-order valence-electron chi connectivity index (χ4n) is 5.76. The van der Waals surface area contributed by atoms with Crippen molar-refractivity contribution in [2.75, 3.05) is 33.4 Å². The van der Waals surface area contributed by atoms with E-state index in [1.54, 1.807) is 25.4 Å². The highest BCUT2D eigenvalue weighted by Gasteiger charge is 2.48. The number of thiazole rings is 1. The van der Waals surface area contributed by atoms with Gasteiger partial charge in [0.25, 0.3) is 0 Å². The van der Waals surface area contributed by atoms with Gasteiger partial charge in [0.05, 0.1) is 31.8 Å². The molecule has 170 valence electrons. The van der Waals surface area contributed by atoms with Gasteiger partial charge in [0.15, 0.2) is 0 Å². The summed E-state index contributed by atoms with van der Waals surface area (Å²) in [5.41, 5.74) is 3.33. The third-order valence-electron chi connectivity index (χ3n) is 7.38. The predicted octanol–water partition coefficient (Wildman–Crippen LogP) is 3.07. The number of aliphatic hydroxyl groups excluding tert-OH is 1. The number of rotatable bonds is 4. The third kappa shape index (κ3) is 3.32. The van der Waals surface area contributed by atoms with Crippen molar-refractivity contribution in [3.05, 3.63) is 46.0 Å². The van der Waals surface area contributed by atoms with E-state index in [1.807, 2.05) is 29.6 Å². The van der Waals surface area contributed by atoms with E-state index < -0.39 is 0 Å². The van der Waals surface area contributed by atoms with Gasteiger partial charge in [-0.05, 0) is 43.6 Å². The molecule has 1 N–H and O–H groups in total. The maximum atomic E-state index is 12.7. The van der Waals surface area contributed by atoms with Crippen LogP contribution in [0.1, 0.15) is 42.1 Å². The topological polar surface area (TPSA) is 70.8 Å². The van der Waals surface area contributed by atoms with Gasteiger partial charge >= 0.3 is 0 Å². The molecule has 2 aliphatic rings. The molecule has 32 heavy (non-hydrogen) atoms. The number of hydrogen-bond donors (Lipinski definition) is 1. The summed E-state index contributed by atoms with van der Waals surface area (Å²) in [6, 6.07) is 5.89. The number of aromatic nitrogens is 2. The molecule has 1 atom stereocenters. The average Bonchev–Trinajstić information content (AvgIpc) is 3.42. The predicted molar refractivity (Wildman–Crippen MR) is 125 cm³/mol. The number of fused-ring (bicyclic) bond motifs is 4. The molecule has 7 nitrogen and oxygen atoms in total. The van der Waals surface area contributed by atoms with E-state index in [1.165, 1.54) is 10.9 Å². The molecule has 8 heteroatoms. The fraction of sp³-hybridized carbons (Fsp3) is 0.500. The van der Waals surface area contributed by atoms with Crippen LogP contribution in [0.3, 0.4) is 0 Å². The molecular weight excluding hydrogens is 424 g/mol. The van der Waals surface area contributed by atoms with Crippen molar-refractivity contribution in [2.45, 2.75) is 37.8 Å². The lowest BCUT2D eigenvalue weighted by Gasteiger charge is -2.50. The maximum Gasteiger partial charge on any atom is 0.220 e. The van der Waals surface area contributed by atoms with Crippen LogP contribution < -0.4 is 4.74 Å². The molecule has 1 spiro atoms. The summed E-state index contributed by atoms with van der Waals surface area (Å²) in [4.78, 5) is 21.5. The molecule has 3 aromatic rings. The molecular formula is C24H30N4O3S. The van der Waals surface area contributed by atoms with Crippen molar-refractivity contribution in [2.24, 2.45) is 7.05 Å². The number of carbonyl (C=O) groups is 1. The zero-order chi connectivity index (χ0) is 22.5. The van der Waals surface area contributed by atoms with Gasteiger partial charge in [0.2, 0.25) is 5.91 Å². The van der Waals surface area contributed by atoms with Crippen molar-refractivity contribution in [1.29, 1.82) is 0 Å². The minimum atomic E-state index is -0.329. The second kappa shape index (κ2) is 8.17. The van der Waals surface area contributed by atoms with Crippen molar-refractivity contribution < 1.29 is 14.6 Å². The van der Waals surface area contributed by atoms with E-state index in [4.69, 9.17) is 4.74 Å². The number of hydrogen-bond acceptors (Lipinski definition) is 6. The van der Waals surface area contributed by atoms with Gasteiger partial charge in [0, 0.05) is 54.7 Å². The van der Waals surface area contributed by atoms with Crippen LogP contribution in [0.2, 0.25) is 0 Å². The Kier molecular flexibility index (Phi) is 5.47. The van der Waals surface area contributed by atoms with E-state index in [0.29, 0.717) is 6.54 Å². The van der Waals surface area contributed by atoms with Crippen LogP contribution in [0, 0.1) is 0 Å². The van der Waals surface area contributed by atoms with Gasteiger partial charge < -0.3 is 19.3 Å². The number of methoxy groups -OCH3 is 1. The smallest absolute Gasteiger partial charge is 0.220 e. The minimum Gasteiger partial charge on any atom is -0.497 e. The van der Waals surface area contributed by atoms with Gasteiger partial charge in [-0.2, -0.15) is 0 Å². The number of nitrogens with zero attached hydrogens (tertiary/aromatic N) is 4. The standard InChI is InChI=1S/C24H30N4O3S/c1-16(30)28-15-24(6-9-27(10-7-24)13-21-25-8-11-32-21)22-18-5-4-17(31-3)12-19(18)26(2)23(22)20(28)14-29/h4-5,8,11-12,20,29H,6-7,9-10,13-15H2,1-3H3/t20-/m0/s1. The number of amides is 1. The lowest BCUT2D eigenvalue weighted by atomic mass is 9.68. The Morgan fingerprint density at radius 3 is 2.75 bits per heavy atom. The van der Waals surface area contributed by atoms with Gasteiger partial charge in [-0.3, -0.25) is 9.69 Å². The fourth-order valence-corrected chi connectivity index (χ4v) is 6.42. The molecule has 4 heterocycles. The van der Waals surface area contributed by atoms with Crippen molar-refractivity contribution in [3.63, 3.8) is 0 Å². The Balaban J connectivity index is 1.59. The highest BCUT2D eigenvalue weighted by Crippen LogP contribution is 2.50. The van der Waals surface area contributed by atoms with E-state index in [9.17, 15) is 9.90 Å². The Hall–Kier alpha value is -2.42. The van der Waals surface area contributed by atoms with Crippen LogP contribution in [0.25, 0.3) is 10.9 Å². The molecule has 1 fully saturated rings. The molecule has 5 rings (SSSR count). The molecule has 0 bridgehead atoms. The van der Waals surface area contributed by atoms with Crippen LogP contribution in [0.5, 0.6) is 5.75 Å². The van der Waals surface area contributed by atoms with Crippen molar-refractivity contribution in [1.82, 2.24) is 19.4 Å². The summed E-state index contributed by atoms with van der Waals surface area (Å²) in [6.07, 6.45) is 3.81. The SMILES string of the molecule is COc1ccc2c3c(n(C)c2c1)[C@H](CO)N(C(C)=O)CC31CCN(Cc2nccs2)CC1. The van der Waals surface area contributed by atoms with Crippen molar-refractivity contribution in [3.8, 4) is 5.75 Å². The molecule has 0 unspecified atom stereocenters. The second-order valence-corrected chi connectivity index (χ2v) is 10.0. The summed E-state index contributed by atoms with van der Waals surface area (Å²) in [5, 5.41) is 14.7. The van der Waals surface area contributed by atoms with E-state index in [2.05, 4.69) is 26.6 Å². The first-order chi connectivity index (χ1) is 15.5. The van der Waals surface area contributed by atoms with Gasteiger partial charge in [-0.25, -0.2) is 4.98 Å². The number of likely N-dealkylation sites (tertiary alicyclic amines) is 1. The number of piperidine rings is 1. The first kappa shape index (κ1) is 21.4. The summed E-state index contributed by atoms with van der Waals surface area (Å²) in [5.74, 6) is 0.828. The monoisotopic (exact) mass is 454 g/mol. The zero-order valence-corrected chi connectivity index (χ0v) is 19.7. The first-order valence-electron chi connectivity index (χ1n) is 11.1. The number of aliphatic hydroxyl groups is 1. The Labute approximate surface area is 192 Å². The normalized spacial score (nSPS) is 20.6. The highest BCUT2D eigenvalue weighted by atomic mass is 32.1. The van der Waals surface area contributed by atoms with Crippen LogP contribution >= 0.6 is 11.3 Å². The second-order valence-electron chi connectivity index (χ2n) is 9.03. The third-order valence-corrected chi connectivity index (χ3v) is 8.15. The van der Waals surface area contributed by atoms with Crippen LogP contribution in [0.15, 0.2) is 29.8 Å². The number of aryl methyl sites for hydroxylation is 1. The number of benzene rings is 1. The maximum absolute atomic E-state index is 12.7. The van der Waals surface area contributed by atoms with E-state index in [0.717, 1.165) is 54.4 Å². The van der Waals surface area contributed by atoms with E-state index >= 15 is 0 Å². The molecule has 2 aromatic heterocycles. The molecule has 0 radical (unpaired) electrons. The molecule has 0 saturated carbocycles. The molecule has 1 aromatic carbocycles. The Morgan fingerprint density at radius 2 is 2.12 bits per heavy atom. The molecule has 1 saturated heterocycles. The quantitative estimate of drug-likeness (QED) is 0.656. The first-order valence-corrected chi connectivity index (χ1v) is 12.0. The van der Waals surface area contributed by atoms with Crippen LogP contribution in [-0.2, 0) is 23.8 Å². The number of ether oxygens (including phenoxy) is 1. The number of carbonyl (C=O) groups excluding carboxylic acids is 1. The largest absolute Gasteiger partial charge is 0.497 e. The van der Waals surface area contributed by atoms with Gasteiger partial charge in [0.1, 0.15) is 10.8 Å². The summed E-state index contributed by atoms with van der Waals surface area (Å²) < 4.78 is 7.64. The lowest BCUT2D eigenvalue weighted by molar-refractivity contribution is -0.135. The van der Waals surface area contributed by atoms with Crippen LogP contribution in [-0.4, -0.2) is 63.7 Å². The minimum absolute atomic E-state index is 0.0159. The Bertz CT molecular complexity index is 1130. The average molecular weight is 455 g/mol. The summed E-state index contributed by atoms with van der Waals surface area (Å²) in [7, 11) is 3.72. The molecule has 1 amide bonds. The van der Waals surface area contributed by atoms with Crippen LogP contribution in [0.4, 0.5) is 0 Å². The van der Waals surface area contributed by atoms with Gasteiger partial charge in [-0.15, -0.1) is 11.3 Å².